The number of ether oxygens (including phenoxy) is 1. The Bertz CT molecular complexity index is 1500. The van der Waals surface area contributed by atoms with E-state index < -0.39 is 69.5 Å². The van der Waals surface area contributed by atoms with Crippen LogP contribution in [0.4, 0.5) is 33.3 Å². The first-order chi connectivity index (χ1) is 19.8. The first kappa shape index (κ1) is 30.8. The second-order valence-electron chi connectivity index (χ2n) is 10.1. The first-order valence-corrected chi connectivity index (χ1v) is 13.2. The van der Waals surface area contributed by atoms with Crippen LogP contribution in [0.15, 0.2) is 30.7 Å². The highest BCUT2D eigenvalue weighted by Gasteiger charge is 2.39. The number of anilines is 2. The van der Waals surface area contributed by atoms with Crippen molar-refractivity contribution in [2.24, 2.45) is 7.05 Å². The molecule has 14 heteroatoms. The molecular formula is C28H32F5N7O2. The molecule has 0 spiro atoms. The number of imidazole rings is 1. The van der Waals surface area contributed by atoms with E-state index in [0.717, 1.165) is 6.92 Å². The standard InChI is InChI=1S/C28H32F5N7O2/c1-5-6-16-10-37-26(41)20-25(36-11-17-12-40(4)13-38-17)23(30)24(39-27(20)42-14(2)7-8-35-16)18-9-19(34)22(29)15(3)21(18)28(31,32)33/h5-6,9,12-14,16,35H,7-8,10-11,34H2,1-4H3,(H,36,39)(H,37,41)/b6-5+/t14-,16?/m0/s1. The highest BCUT2D eigenvalue weighted by atomic mass is 19.4. The van der Waals surface area contributed by atoms with Crippen LogP contribution in [-0.2, 0) is 19.8 Å². The highest BCUT2D eigenvalue weighted by molar-refractivity contribution is 6.03. The number of carbonyl (C=O) groups is 1. The van der Waals surface area contributed by atoms with Crippen molar-refractivity contribution in [2.75, 3.05) is 24.1 Å². The highest BCUT2D eigenvalue weighted by Crippen LogP contribution is 2.44. The van der Waals surface area contributed by atoms with E-state index in [4.69, 9.17) is 10.5 Å². The van der Waals surface area contributed by atoms with E-state index >= 15 is 4.39 Å². The average Bonchev–Trinajstić information content (AvgIpc) is 3.32. The third-order valence-electron chi connectivity index (χ3n) is 6.78. The van der Waals surface area contributed by atoms with Crippen molar-refractivity contribution >= 4 is 17.3 Å². The summed E-state index contributed by atoms with van der Waals surface area (Å²) >= 11 is 0. The molecular weight excluding hydrogens is 561 g/mol. The van der Waals surface area contributed by atoms with Crippen LogP contribution in [0, 0.1) is 18.6 Å². The van der Waals surface area contributed by atoms with Crippen LogP contribution in [-0.4, -0.2) is 45.7 Å². The van der Waals surface area contributed by atoms with Gasteiger partial charge in [-0.1, -0.05) is 12.2 Å². The maximum Gasteiger partial charge on any atom is 0.417 e. The molecule has 1 aliphatic heterocycles. The fourth-order valence-electron chi connectivity index (χ4n) is 4.74. The van der Waals surface area contributed by atoms with Crippen molar-refractivity contribution in [3.8, 4) is 17.1 Å². The van der Waals surface area contributed by atoms with Crippen molar-refractivity contribution < 1.29 is 31.5 Å². The Morgan fingerprint density at radius 2 is 2.02 bits per heavy atom. The zero-order valence-electron chi connectivity index (χ0n) is 23.5. The monoisotopic (exact) mass is 593 g/mol. The van der Waals surface area contributed by atoms with Gasteiger partial charge >= 0.3 is 6.18 Å². The number of carbonyl (C=O) groups excluding carboxylic acids is 1. The van der Waals surface area contributed by atoms with Gasteiger partial charge in [0.2, 0.25) is 5.88 Å². The normalized spacial score (nSPS) is 18.3. The van der Waals surface area contributed by atoms with Crippen molar-refractivity contribution in [1.82, 2.24) is 25.2 Å². The van der Waals surface area contributed by atoms with Gasteiger partial charge in [-0.15, -0.1) is 0 Å². The van der Waals surface area contributed by atoms with Gasteiger partial charge in [-0.05, 0) is 45.4 Å². The molecule has 1 aromatic carbocycles. The van der Waals surface area contributed by atoms with Gasteiger partial charge in [0.25, 0.3) is 5.91 Å². The number of nitrogens with two attached hydrogens (primary N) is 1. The molecule has 0 radical (unpaired) electrons. The smallest absolute Gasteiger partial charge is 0.417 e. The fraction of sp³-hybridized carbons (Fsp3) is 0.393. The van der Waals surface area contributed by atoms with E-state index in [1.54, 1.807) is 24.7 Å². The molecule has 226 valence electrons. The van der Waals surface area contributed by atoms with Crippen molar-refractivity contribution in [3.05, 3.63) is 64.8 Å². The predicted octanol–water partition coefficient (Wildman–Crippen LogP) is 4.72. The molecule has 2 atom stereocenters. The number of allylic oxidation sites excluding steroid dienone is 1. The van der Waals surface area contributed by atoms with Crippen molar-refractivity contribution in [1.29, 1.82) is 0 Å². The van der Waals surface area contributed by atoms with Crippen LogP contribution < -0.4 is 26.4 Å². The molecule has 0 fully saturated rings. The second-order valence-corrected chi connectivity index (χ2v) is 10.1. The van der Waals surface area contributed by atoms with Crippen LogP contribution in [0.5, 0.6) is 5.88 Å². The van der Waals surface area contributed by atoms with E-state index in [2.05, 4.69) is 25.9 Å². The molecule has 0 bridgehead atoms. The number of aromatic nitrogens is 3. The van der Waals surface area contributed by atoms with Crippen molar-refractivity contribution in [2.45, 2.75) is 52.1 Å². The summed E-state index contributed by atoms with van der Waals surface area (Å²) in [6, 6.07) is 0.445. The Balaban J connectivity index is 1.98. The summed E-state index contributed by atoms with van der Waals surface area (Å²) in [5.74, 6) is -3.70. The summed E-state index contributed by atoms with van der Waals surface area (Å²) in [5.41, 5.74) is 0.898. The summed E-state index contributed by atoms with van der Waals surface area (Å²) in [6.07, 6.45) is 1.60. The van der Waals surface area contributed by atoms with Gasteiger partial charge in [0.1, 0.15) is 17.1 Å². The third kappa shape index (κ3) is 6.48. The maximum atomic E-state index is 16.4. The minimum Gasteiger partial charge on any atom is -0.474 e. The number of benzene rings is 1. The van der Waals surface area contributed by atoms with E-state index in [1.165, 1.54) is 6.33 Å². The zero-order chi connectivity index (χ0) is 30.8. The number of nitrogens with one attached hydrogen (secondary N) is 3. The quantitative estimate of drug-likeness (QED) is 0.192. The van der Waals surface area contributed by atoms with Crippen LogP contribution in [0.3, 0.4) is 0 Å². The number of hydrogen-bond donors (Lipinski definition) is 4. The van der Waals surface area contributed by atoms with Crippen LogP contribution in [0.2, 0.25) is 0 Å². The first-order valence-electron chi connectivity index (χ1n) is 13.2. The molecule has 1 amide bonds. The molecule has 0 saturated heterocycles. The molecule has 2 aromatic heterocycles. The Kier molecular flexibility index (Phi) is 9.04. The van der Waals surface area contributed by atoms with Gasteiger partial charge in [0.05, 0.1) is 41.6 Å². The molecule has 9 nitrogen and oxygen atoms in total. The summed E-state index contributed by atoms with van der Waals surface area (Å²) in [6.45, 7) is 4.95. The number of halogens is 5. The van der Waals surface area contributed by atoms with Crippen LogP contribution in [0.25, 0.3) is 11.3 Å². The number of aryl methyl sites for hydroxylation is 1. The van der Waals surface area contributed by atoms with Gasteiger partial charge in [-0.25, -0.2) is 18.7 Å². The van der Waals surface area contributed by atoms with E-state index in [1.807, 2.05) is 19.1 Å². The molecule has 0 aliphatic carbocycles. The fourth-order valence-corrected chi connectivity index (χ4v) is 4.74. The number of alkyl halides is 3. The lowest BCUT2D eigenvalue weighted by molar-refractivity contribution is -0.137. The van der Waals surface area contributed by atoms with Crippen molar-refractivity contribution in [3.63, 3.8) is 0 Å². The lowest BCUT2D eigenvalue weighted by atomic mass is 9.95. The van der Waals surface area contributed by atoms with E-state index in [-0.39, 0.29) is 24.7 Å². The molecule has 1 aliphatic rings. The van der Waals surface area contributed by atoms with Gasteiger partial charge < -0.3 is 31.0 Å². The van der Waals surface area contributed by atoms with Gasteiger partial charge in [0.15, 0.2) is 5.82 Å². The topological polar surface area (TPSA) is 119 Å². The minimum absolute atomic E-state index is 0.0873. The molecule has 0 saturated carbocycles. The average molecular weight is 594 g/mol. The number of fused-ring (bicyclic) bond motifs is 1. The van der Waals surface area contributed by atoms with E-state index in [9.17, 15) is 22.4 Å². The lowest BCUT2D eigenvalue weighted by Gasteiger charge is -2.22. The van der Waals surface area contributed by atoms with Crippen LogP contribution >= 0.6 is 0 Å². The van der Waals surface area contributed by atoms with E-state index in [0.29, 0.717) is 24.7 Å². The molecule has 1 unspecified atom stereocenters. The Hall–Kier alpha value is -4.20. The summed E-state index contributed by atoms with van der Waals surface area (Å²) in [7, 11) is 1.73. The number of nitrogens with zero attached hydrogens (tertiary/aromatic N) is 3. The SMILES string of the molecule is C/C=C/C1CNC(=O)c2c(nc(-c3cc(N)c(F)c(C)c3C(F)(F)F)c(F)c2NCc2cn(C)cn2)O[C@@H](C)CCN1. The van der Waals surface area contributed by atoms with Crippen LogP contribution in [0.1, 0.15) is 47.4 Å². The molecule has 4 rings (SSSR count). The van der Waals surface area contributed by atoms with Gasteiger partial charge in [-0.3, -0.25) is 4.79 Å². The Morgan fingerprint density at radius 1 is 1.29 bits per heavy atom. The molecule has 3 heterocycles. The Labute approximate surface area is 239 Å². The summed E-state index contributed by atoms with van der Waals surface area (Å²) in [4.78, 5) is 21.8. The maximum absolute atomic E-state index is 16.4. The third-order valence-corrected chi connectivity index (χ3v) is 6.78. The number of rotatable bonds is 5. The predicted molar refractivity (Wildman–Crippen MR) is 148 cm³/mol. The number of hydrogen-bond acceptors (Lipinski definition) is 7. The molecule has 3 aromatic rings. The number of pyridine rings is 1. The minimum atomic E-state index is -5.08. The molecule has 5 N–H and O–H groups in total. The largest absolute Gasteiger partial charge is 0.474 e. The second kappa shape index (κ2) is 12.3. The number of nitrogen functional groups attached to an aromatic ring is 1. The molecule has 42 heavy (non-hydrogen) atoms. The summed E-state index contributed by atoms with van der Waals surface area (Å²) in [5, 5.41) is 8.81. The number of amides is 1. The van der Waals surface area contributed by atoms with Gasteiger partial charge in [-0.2, -0.15) is 13.2 Å². The van der Waals surface area contributed by atoms with Gasteiger partial charge in [0, 0.05) is 31.4 Å². The zero-order valence-corrected chi connectivity index (χ0v) is 23.5. The summed E-state index contributed by atoms with van der Waals surface area (Å²) < 4.78 is 81.3. The Morgan fingerprint density at radius 3 is 2.67 bits per heavy atom. The lowest BCUT2D eigenvalue weighted by Crippen LogP contribution is -2.40.